The molecule has 2 aromatic rings. The molecule has 166 valence electrons. The van der Waals surface area contributed by atoms with Gasteiger partial charge in [0.05, 0.1) is 6.10 Å². The average molecular weight is 444 g/mol. The van der Waals surface area contributed by atoms with E-state index in [1.165, 1.54) is 16.8 Å². The van der Waals surface area contributed by atoms with Crippen LogP contribution in [0.4, 0.5) is 5.82 Å². The van der Waals surface area contributed by atoms with Gasteiger partial charge in [0.1, 0.15) is 18.1 Å². The van der Waals surface area contributed by atoms with Gasteiger partial charge in [-0.3, -0.25) is 9.36 Å². The van der Waals surface area contributed by atoms with Gasteiger partial charge in [-0.1, -0.05) is 39.0 Å². The van der Waals surface area contributed by atoms with Crippen LogP contribution in [0.15, 0.2) is 47.4 Å². The number of aromatic nitrogens is 2. The lowest BCUT2D eigenvalue weighted by Gasteiger charge is -2.38. The molecular weight excluding hydrogens is 414 g/mol. The maximum Gasteiger partial charge on any atom is 0.351 e. The zero-order valence-electron chi connectivity index (χ0n) is 18.5. The zero-order chi connectivity index (χ0) is 22.8. The Morgan fingerprint density at radius 1 is 1.26 bits per heavy atom. The summed E-state index contributed by atoms with van der Waals surface area (Å²) in [6, 6.07) is 10.2. The minimum absolute atomic E-state index is 0.0183. The number of anilines is 1. The summed E-state index contributed by atoms with van der Waals surface area (Å²) in [7, 11) is -2.12. The van der Waals surface area contributed by atoms with Gasteiger partial charge in [-0.25, -0.2) is 4.79 Å². The van der Waals surface area contributed by atoms with Crippen LogP contribution in [0.2, 0.25) is 18.1 Å². The molecule has 2 heterocycles. The molecule has 0 spiro atoms. The predicted molar refractivity (Wildman–Crippen MR) is 120 cm³/mol. The highest BCUT2D eigenvalue weighted by Crippen LogP contribution is 2.40. The Bertz CT molecular complexity index is 1000. The minimum Gasteiger partial charge on any atom is -0.411 e. The molecule has 8 nitrogen and oxygen atoms in total. The molecule has 0 saturated carbocycles. The number of nitrogens with zero attached hydrogens (tertiary/aromatic N) is 2. The van der Waals surface area contributed by atoms with Gasteiger partial charge >= 0.3 is 5.69 Å². The van der Waals surface area contributed by atoms with Crippen molar-refractivity contribution in [2.75, 3.05) is 5.32 Å². The van der Waals surface area contributed by atoms with Gasteiger partial charge in [-0.2, -0.15) is 4.98 Å². The molecule has 9 heteroatoms. The molecule has 1 aromatic carbocycles. The average Bonchev–Trinajstić information content (AvgIpc) is 3.09. The van der Waals surface area contributed by atoms with E-state index in [4.69, 9.17) is 9.16 Å². The lowest BCUT2D eigenvalue weighted by molar-refractivity contribution is -0.122. The van der Waals surface area contributed by atoms with Gasteiger partial charge in [0.2, 0.25) is 0 Å². The van der Waals surface area contributed by atoms with Gasteiger partial charge in [0.25, 0.3) is 5.91 Å². The Morgan fingerprint density at radius 3 is 2.52 bits per heavy atom. The first-order valence-corrected chi connectivity index (χ1v) is 13.2. The highest BCUT2D eigenvalue weighted by atomic mass is 28.4. The number of amides is 1. The third-order valence-electron chi connectivity index (χ3n) is 5.92. The number of hydrogen-bond acceptors (Lipinski definition) is 6. The maximum atomic E-state index is 12.6. The number of nitrogens with one attached hydrogen (secondary N) is 1. The molecule has 1 N–H and O–H groups in total. The second kappa shape index (κ2) is 8.86. The summed E-state index contributed by atoms with van der Waals surface area (Å²) in [4.78, 5) is 40.4. The van der Waals surface area contributed by atoms with Crippen molar-refractivity contribution in [1.29, 1.82) is 0 Å². The summed E-state index contributed by atoms with van der Waals surface area (Å²) >= 11 is 0. The van der Waals surface area contributed by atoms with E-state index in [-0.39, 0.29) is 16.8 Å². The van der Waals surface area contributed by atoms with Crippen molar-refractivity contribution in [3.63, 3.8) is 0 Å². The number of carbonyl (C=O) groups excluding carboxylic acids is 2. The molecule has 1 amide bonds. The fourth-order valence-corrected chi connectivity index (χ4v) is 4.45. The molecule has 3 rings (SSSR count). The Hall–Kier alpha value is -2.62. The first-order valence-electron chi connectivity index (χ1n) is 10.3. The molecule has 31 heavy (non-hydrogen) atoms. The molecule has 0 aliphatic carbocycles. The van der Waals surface area contributed by atoms with Gasteiger partial charge < -0.3 is 19.3 Å². The van der Waals surface area contributed by atoms with Crippen LogP contribution in [0, 0.1) is 0 Å². The van der Waals surface area contributed by atoms with Crippen LogP contribution < -0.4 is 11.0 Å². The SMILES string of the molecule is CC(C)(C)[Si](C)(C)O[C@H]1C[C@H](n2ccc(NC(=O)c3ccccc3)nc2=O)O[C@@H]1C=O. The highest BCUT2D eigenvalue weighted by molar-refractivity contribution is 6.74. The summed E-state index contributed by atoms with van der Waals surface area (Å²) in [5.41, 5.74) is -0.111. The van der Waals surface area contributed by atoms with E-state index >= 15 is 0 Å². The van der Waals surface area contributed by atoms with Crippen molar-refractivity contribution in [3.05, 3.63) is 58.6 Å². The van der Waals surface area contributed by atoms with Gasteiger partial charge in [0.15, 0.2) is 14.6 Å². The van der Waals surface area contributed by atoms with Crippen LogP contribution in [0.1, 0.15) is 43.8 Å². The van der Waals surface area contributed by atoms with E-state index < -0.39 is 32.4 Å². The number of aldehydes is 1. The molecule has 3 atom stereocenters. The predicted octanol–water partition coefficient (Wildman–Crippen LogP) is 3.37. The van der Waals surface area contributed by atoms with Crippen molar-refractivity contribution >= 4 is 26.3 Å². The first-order chi connectivity index (χ1) is 14.5. The number of rotatable bonds is 6. The standard InChI is InChI=1S/C22H29N3O5Si/c1-22(2,3)31(4,5)30-16-13-19(29-17(16)14-26)25-12-11-18(24-21(25)28)23-20(27)15-9-7-6-8-10-15/h6-12,14,16-17,19H,13H2,1-5H3,(H,23,24,27,28)/t16-,17+,19+/m0/s1. The molecule has 1 aliphatic rings. The van der Waals surface area contributed by atoms with E-state index in [9.17, 15) is 14.4 Å². The Kier molecular flexibility index (Phi) is 6.58. The first kappa shape index (κ1) is 23.0. The number of hydrogen-bond donors (Lipinski definition) is 1. The normalized spacial score (nSPS) is 21.6. The third-order valence-corrected chi connectivity index (χ3v) is 10.4. The second-order valence-electron chi connectivity index (χ2n) is 9.17. The number of ether oxygens (including phenoxy) is 1. The van der Waals surface area contributed by atoms with Crippen molar-refractivity contribution in [3.8, 4) is 0 Å². The van der Waals surface area contributed by atoms with Crippen LogP contribution >= 0.6 is 0 Å². The zero-order valence-corrected chi connectivity index (χ0v) is 19.5. The summed E-state index contributed by atoms with van der Waals surface area (Å²) in [6.07, 6.45) is 0.773. The monoisotopic (exact) mass is 443 g/mol. The summed E-state index contributed by atoms with van der Waals surface area (Å²) in [6.45, 7) is 10.6. The molecule has 1 saturated heterocycles. The Labute approximate surface area is 182 Å². The van der Waals surface area contributed by atoms with Crippen LogP contribution in [-0.4, -0.2) is 42.3 Å². The molecule has 1 fully saturated rings. The van der Waals surface area contributed by atoms with Gasteiger partial charge in [-0.15, -0.1) is 0 Å². The largest absolute Gasteiger partial charge is 0.411 e. The van der Waals surface area contributed by atoms with E-state index in [1.54, 1.807) is 24.3 Å². The van der Waals surface area contributed by atoms with Crippen LogP contribution in [-0.2, 0) is 14.0 Å². The second-order valence-corrected chi connectivity index (χ2v) is 13.9. The van der Waals surface area contributed by atoms with Crippen molar-refractivity contribution < 1.29 is 18.8 Å². The highest BCUT2D eigenvalue weighted by Gasteiger charge is 2.45. The Balaban J connectivity index is 1.74. The lowest BCUT2D eigenvalue weighted by atomic mass is 10.2. The fourth-order valence-electron chi connectivity index (χ4n) is 3.11. The maximum absolute atomic E-state index is 12.6. The molecular formula is C22H29N3O5Si. The van der Waals surface area contributed by atoms with Crippen LogP contribution in [0.3, 0.4) is 0 Å². The number of benzene rings is 1. The van der Waals surface area contributed by atoms with Crippen molar-refractivity contribution in [2.45, 2.75) is 63.8 Å². The third kappa shape index (κ3) is 5.17. The Morgan fingerprint density at radius 2 is 1.94 bits per heavy atom. The topological polar surface area (TPSA) is 99.5 Å². The van der Waals surface area contributed by atoms with Crippen molar-refractivity contribution in [2.24, 2.45) is 0 Å². The summed E-state index contributed by atoms with van der Waals surface area (Å²) in [5, 5.41) is 2.60. The molecule has 0 radical (unpaired) electrons. The van der Waals surface area contributed by atoms with E-state index in [1.807, 2.05) is 6.07 Å². The minimum atomic E-state index is -2.12. The van der Waals surface area contributed by atoms with Crippen molar-refractivity contribution in [1.82, 2.24) is 9.55 Å². The van der Waals surface area contributed by atoms with Crippen LogP contribution in [0.25, 0.3) is 0 Å². The smallest absolute Gasteiger partial charge is 0.351 e. The molecule has 0 unspecified atom stereocenters. The van der Waals surface area contributed by atoms with E-state index in [2.05, 4.69) is 44.2 Å². The van der Waals surface area contributed by atoms with E-state index in [0.717, 1.165) is 6.29 Å². The van der Waals surface area contributed by atoms with Crippen LogP contribution in [0.5, 0.6) is 0 Å². The summed E-state index contributed by atoms with van der Waals surface area (Å²) < 4.78 is 13.5. The lowest BCUT2D eigenvalue weighted by Crippen LogP contribution is -2.46. The molecule has 0 bridgehead atoms. The van der Waals surface area contributed by atoms with Gasteiger partial charge in [-0.05, 0) is 36.3 Å². The van der Waals surface area contributed by atoms with E-state index in [0.29, 0.717) is 12.0 Å². The number of carbonyl (C=O) groups is 2. The fraction of sp³-hybridized carbons (Fsp3) is 0.455. The van der Waals surface area contributed by atoms with Gasteiger partial charge in [0, 0.05) is 18.2 Å². The molecule has 1 aromatic heterocycles. The quantitative estimate of drug-likeness (QED) is 0.543. The summed E-state index contributed by atoms with van der Waals surface area (Å²) in [5.74, 6) is -0.208. The molecule has 1 aliphatic heterocycles.